The minimum Gasteiger partial charge on any atom is -0.267 e. The zero-order valence-electron chi connectivity index (χ0n) is 6.50. The highest BCUT2D eigenvalue weighted by atomic mass is 79.9. The lowest BCUT2D eigenvalue weighted by Crippen LogP contribution is -2.13. The third kappa shape index (κ3) is 1.42. The first kappa shape index (κ1) is 8.56. The van der Waals surface area contributed by atoms with Crippen molar-refractivity contribution >= 4 is 28.1 Å². The Bertz CT molecular complexity index is 392. The standard InChI is InChI=1S/C9H5BrFNO/c10-7-3-5-1-2-12-9(13)6(5)4-8(7)11/h1-4,8H. The van der Waals surface area contributed by atoms with Crippen molar-refractivity contribution < 1.29 is 9.18 Å². The van der Waals surface area contributed by atoms with Crippen LogP contribution in [0.15, 0.2) is 38.8 Å². The van der Waals surface area contributed by atoms with E-state index in [1.54, 1.807) is 12.2 Å². The predicted octanol–water partition coefficient (Wildman–Crippen LogP) is 2.08. The summed E-state index contributed by atoms with van der Waals surface area (Å²) in [4.78, 5) is 14.7. The number of carbonyl (C=O) groups is 1. The summed E-state index contributed by atoms with van der Waals surface area (Å²) in [7, 11) is 0. The monoisotopic (exact) mass is 241 g/mol. The molecule has 1 atom stereocenters. The van der Waals surface area contributed by atoms with Gasteiger partial charge in [-0.25, -0.2) is 9.38 Å². The van der Waals surface area contributed by atoms with Crippen molar-refractivity contribution in [3.8, 4) is 0 Å². The summed E-state index contributed by atoms with van der Waals surface area (Å²) in [6.45, 7) is 0. The first-order valence-corrected chi connectivity index (χ1v) is 4.50. The van der Waals surface area contributed by atoms with Crippen molar-refractivity contribution in [1.29, 1.82) is 0 Å². The van der Waals surface area contributed by atoms with Crippen molar-refractivity contribution in [2.24, 2.45) is 4.99 Å². The molecule has 1 aliphatic carbocycles. The van der Waals surface area contributed by atoms with E-state index < -0.39 is 6.17 Å². The highest BCUT2D eigenvalue weighted by Gasteiger charge is 2.23. The van der Waals surface area contributed by atoms with E-state index in [1.807, 2.05) is 0 Å². The second kappa shape index (κ2) is 3.03. The average molecular weight is 242 g/mol. The van der Waals surface area contributed by atoms with E-state index in [4.69, 9.17) is 0 Å². The normalized spacial score (nSPS) is 26.2. The van der Waals surface area contributed by atoms with Crippen LogP contribution in [0.3, 0.4) is 0 Å². The molecule has 0 saturated heterocycles. The van der Waals surface area contributed by atoms with Crippen LogP contribution in [0.4, 0.5) is 4.39 Å². The van der Waals surface area contributed by atoms with Crippen LogP contribution in [0.1, 0.15) is 0 Å². The number of allylic oxidation sites excluding steroid dienone is 4. The van der Waals surface area contributed by atoms with Gasteiger partial charge in [0, 0.05) is 16.3 Å². The Morgan fingerprint density at radius 2 is 2.31 bits per heavy atom. The number of rotatable bonds is 0. The molecule has 0 fully saturated rings. The largest absolute Gasteiger partial charge is 0.277 e. The number of dihydropyridines is 1. The van der Waals surface area contributed by atoms with E-state index in [9.17, 15) is 9.18 Å². The number of aliphatic imine (C=N–C) groups is 1. The number of nitrogens with zero attached hydrogens (tertiary/aromatic N) is 1. The molecule has 1 unspecified atom stereocenters. The molecule has 0 spiro atoms. The summed E-state index contributed by atoms with van der Waals surface area (Å²) in [5.41, 5.74) is 1.05. The number of halogens is 2. The van der Waals surface area contributed by atoms with Crippen LogP contribution in [-0.2, 0) is 4.79 Å². The zero-order chi connectivity index (χ0) is 9.42. The Hall–Kier alpha value is -1.03. The lowest BCUT2D eigenvalue weighted by Gasteiger charge is -2.15. The fraction of sp³-hybridized carbons (Fsp3) is 0.111. The maximum Gasteiger partial charge on any atom is 0.277 e. The van der Waals surface area contributed by atoms with Crippen molar-refractivity contribution in [3.63, 3.8) is 0 Å². The fourth-order valence-electron chi connectivity index (χ4n) is 1.22. The fourth-order valence-corrected chi connectivity index (χ4v) is 1.59. The maximum atomic E-state index is 13.1. The van der Waals surface area contributed by atoms with Gasteiger partial charge < -0.3 is 0 Å². The van der Waals surface area contributed by atoms with Gasteiger partial charge in [0.05, 0.1) is 0 Å². The van der Waals surface area contributed by atoms with Gasteiger partial charge in [0.1, 0.15) is 0 Å². The van der Waals surface area contributed by atoms with E-state index in [1.165, 1.54) is 12.3 Å². The number of carbonyl (C=O) groups excluding carboxylic acids is 1. The second-order valence-corrected chi connectivity index (χ2v) is 3.63. The summed E-state index contributed by atoms with van der Waals surface area (Å²) in [6, 6.07) is 0. The summed E-state index contributed by atoms with van der Waals surface area (Å²) in [5, 5.41) is 0. The first-order valence-electron chi connectivity index (χ1n) is 3.70. The van der Waals surface area contributed by atoms with Gasteiger partial charge in [0.25, 0.3) is 5.91 Å². The smallest absolute Gasteiger partial charge is 0.267 e. The Kier molecular flexibility index (Phi) is 2.00. The number of alkyl halides is 1. The van der Waals surface area contributed by atoms with Crippen LogP contribution in [0.5, 0.6) is 0 Å². The molecular formula is C9H5BrFNO. The van der Waals surface area contributed by atoms with E-state index in [-0.39, 0.29) is 5.91 Å². The molecule has 0 saturated carbocycles. The Balaban J connectivity index is 2.49. The molecule has 2 rings (SSSR count). The third-order valence-electron chi connectivity index (χ3n) is 1.86. The van der Waals surface area contributed by atoms with E-state index in [2.05, 4.69) is 20.9 Å². The molecule has 0 aromatic carbocycles. The first-order chi connectivity index (χ1) is 6.18. The number of fused-ring (bicyclic) bond motifs is 1. The molecule has 0 N–H and O–H groups in total. The molecule has 0 radical (unpaired) electrons. The van der Waals surface area contributed by atoms with Gasteiger partial charge in [-0.05, 0) is 23.8 Å². The van der Waals surface area contributed by atoms with Crippen LogP contribution in [0.2, 0.25) is 0 Å². The number of amides is 1. The van der Waals surface area contributed by atoms with Crippen LogP contribution >= 0.6 is 15.9 Å². The van der Waals surface area contributed by atoms with Crippen LogP contribution in [0.25, 0.3) is 0 Å². The molecule has 1 heterocycles. The quantitative estimate of drug-likeness (QED) is 0.639. The SMILES string of the molecule is O=C1N=CC=C2C=C(Br)C(F)C=C12. The van der Waals surface area contributed by atoms with E-state index >= 15 is 0 Å². The Labute approximate surface area is 82.7 Å². The molecule has 13 heavy (non-hydrogen) atoms. The highest BCUT2D eigenvalue weighted by Crippen LogP contribution is 2.30. The molecule has 0 bridgehead atoms. The molecule has 2 nitrogen and oxygen atoms in total. The van der Waals surface area contributed by atoms with Gasteiger partial charge in [-0.2, -0.15) is 0 Å². The molecule has 4 heteroatoms. The van der Waals surface area contributed by atoms with Gasteiger partial charge in [-0.15, -0.1) is 0 Å². The molecule has 2 aliphatic rings. The van der Waals surface area contributed by atoms with Gasteiger partial charge in [0.15, 0.2) is 6.17 Å². The number of hydrogen-bond donors (Lipinski definition) is 0. The molecule has 66 valence electrons. The van der Waals surface area contributed by atoms with Crippen LogP contribution in [0, 0.1) is 0 Å². The number of hydrogen-bond acceptors (Lipinski definition) is 1. The Morgan fingerprint density at radius 1 is 1.54 bits per heavy atom. The van der Waals surface area contributed by atoms with E-state index in [0.717, 1.165) is 0 Å². The van der Waals surface area contributed by atoms with Gasteiger partial charge in [-0.3, -0.25) is 4.79 Å². The molecule has 0 aromatic rings. The van der Waals surface area contributed by atoms with Gasteiger partial charge in [-0.1, -0.05) is 15.9 Å². The minimum absolute atomic E-state index is 0.346. The molecular weight excluding hydrogens is 237 g/mol. The zero-order valence-corrected chi connectivity index (χ0v) is 8.08. The van der Waals surface area contributed by atoms with E-state index in [0.29, 0.717) is 15.6 Å². The lowest BCUT2D eigenvalue weighted by molar-refractivity contribution is -0.114. The molecule has 1 amide bonds. The summed E-state index contributed by atoms with van der Waals surface area (Å²) in [5.74, 6) is -0.378. The highest BCUT2D eigenvalue weighted by molar-refractivity contribution is 9.11. The van der Waals surface area contributed by atoms with Crippen molar-refractivity contribution in [3.05, 3.63) is 33.9 Å². The summed E-state index contributed by atoms with van der Waals surface area (Å²) < 4.78 is 13.5. The van der Waals surface area contributed by atoms with Crippen LogP contribution < -0.4 is 0 Å². The minimum atomic E-state index is -1.23. The second-order valence-electron chi connectivity index (χ2n) is 2.72. The molecule has 1 aliphatic heterocycles. The molecule has 0 aromatic heterocycles. The van der Waals surface area contributed by atoms with Crippen LogP contribution in [-0.4, -0.2) is 18.3 Å². The van der Waals surface area contributed by atoms with Crippen molar-refractivity contribution in [2.45, 2.75) is 6.17 Å². The maximum absolute atomic E-state index is 13.1. The van der Waals surface area contributed by atoms with Gasteiger partial charge >= 0.3 is 0 Å². The summed E-state index contributed by atoms with van der Waals surface area (Å²) in [6.07, 6.45) is 4.74. The Morgan fingerprint density at radius 3 is 3.08 bits per heavy atom. The summed E-state index contributed by atoms with van der Waals surface area (Å²) >= 11 is 3.08. The van der Waals surface area contributed by atoms with Crippen molar-refractivity contribution in [1.82, 2.24) is 0 Å². The topological polar surface area (TPSA) is 29.4 Å². The lowest BCUT2D eigenvalue weighted by atomic mass is 9.97. The average Bonchev–Trinajstić information content (AvgIpc) is 2.09. The predicted molar refractivity (Wildman–Crippen MR) is 51.6 cm³/mol. The third-order valence-corrected chi connectivity index (χ3v) is 2.52. The van der Waals surface area contributed by atoms with Crippen molar-refractivity contribution in [2.75, 3.05) is 0 Å². The van der Waals surface area contributed by atoms with Gasteiger partial charge in [0.2, 0.25) is 0 Å².